The van der Waals surface area contributed by atoms with Crippen LogP contribution in [0.25, 0.3) is 22.0 Å². The lowest BCUT2D eigenvalue weighted by Crippen LogP contribution is -2.30. The van der Waals surface area contributed by atoms with E-state index >= 15 is 0 Å². The van der Waals surface area contributed by atoms with Gasteiger partial charge in [-0.2, -0.15) is 0 Å². The van der Waals surface area contributed by atoms with Crippen molar-refractivity contribution in [1.82, 2.24) is 15.0 Å². The topological polar surface area (TPSA) is 109 Å². The van der Waals surface area contributed by atoms with Gasteiger partial charge in [0.1, 0.15) is 18.3 Å². The van der Waals surface area contributed by atoms with Gasteiger partial charge in [-0.3, -0.25) is 9.78 Å². The number of hydrogen-bond acceptors (Lipinski definition) is 4. The number of aryl methyl sites for hydroxylation is 1. The molecule has 1 unspecified atom stereocenters. The number of pyridine rings is 1. The molecule has 0 radical (unpaired) electrons. The molecule has 39 heavy (non-hydrogen) atoms. The molecule has 4 heterocycles. The Morgan fingerprint density at radius 3 is 2.74 bits per heavy atom. The molecule has 3 aromatic heterocycles. The van der Waals surface area contributed by atoms with Crippen LogP contribution in [0, 0.1) is 13.8 Å². The number of ether oxygens (including phenoxy) is 1. The van der Waals surface area contributed by atoms with E-state index in [2.05, 4.69) is 59.2 Å². The zero-order chi connectivity index (χ0) is 27.1. The summed E-state index contributed by atoms with van der Waals surface area (Å²) >= 11 is 0. The Morgan fingerprint density at radius 1 is 1.08 bits per heavy atom. The number of aromatic nitrogens is 3. The average molecular weight is 520 g/mol. The number of nitrogens with one attached hydrogen (secondary N) is 3. The third-order valence-electron chi connectivity index (χ3n) is 7.82. The number of aromatic amines is 2. The fourth-order valence-corrected chi connectivity index (χ4v) is 5.86. The standard InChI is InChI=1S/C32H33N5O2/c1-4-25-18(2)31(36-19(25)3)30-27-13-20(9-10-29(27)37-32(30)38)21-12-24(16-34-14-21)39-17-23(33)11-22-15-35-28-8-6-5-7-26(22)28/h5-10,12-16,23,30,35-36H,4,11,17,33H2,1-3H3,(H,37,38)/t23-,30?/m0/s1. The van der Waals surface area contributed by atoms with Crippen molar-refractivity contribution in [3.8, 4) is 16.9 Å². The number of carbonyl (C=O) groups is 1. The zero-order valence-electron chi connectivity index (χ0n) is 22.5. The van der Waals surface area contributed by atoms with Crippen molar-refractivity contribution < 1.29 is 9.53 Å². The van der Waals surface area contributed by atoms with Gasteiger partial charge in [-0.15, -0.1) is 0 Å². The number of nitrogens with zero attached hydrogens (tertiary/aromatic N) is 1. The Labute approximate surface area is 227 Å². The Balaban J connectivity index is 1.20. The van der Waals surface area contributed by atoms with E-state index in [1.807, 2.05) is 42.7 Å². The van der Waals surface area contributed by atoms with Crippen LogP contribution in [0.1, 0.15) is 46.5 Å². The molecule has 0 aliphatic carbocycles. The van der Waals surface area contributed by atoms with Gasteiger partial charge in [-0.25, -0.2) is 0 Å². The molecule has 1 amide bonds. The van der Waals surface area contributed by atoms with Crippen molar-refractivity contribution in [2.24, 2.45) is 5.73 Å². The Kier molecular flexibility index (Phi) is 6.45. The Hall–Kier alpha value is -4.36. The summed E-state index contributed by atoms with van der Waals surface area (Å²) in [6.07, 6.45) is 7.19. The summed E-state index contributed by atoms with van der Waals surface area (Å²) in [4.78, 5) is 24.3. The number of H-pyrrole nitrogens is 2. The van der Waals surface area contributed by atoms with Crippen molar-refractivity contribution in [3.63, 3.8) is 0 Å². The maximum absolute atomic E-state index is 13.1. The Morgan fingerprint density at radius 2 is 1.92 bits per heavy atom. The second-order valence-electron chi connectivity index (χ2n) is 10.4. The number of benzene rings is 2. The van der Waals surface area contributed by atoms with Crippen molar-refractivity contribution in [2.45, 2.75) is 45.6 Å². The molecule has 198 valence electrons. The van der Waals surface area contributed by atoms with Crippen molar-refractivity contribution in [3.05, 3.63) is 101 Å². The molecule has 7 heteroatoms. The molecule has 0 bridgehead atoms. The van der Waals surface area contributed by atoms with Crippen LogP contribution in [-0.4, -0.2) is 33.5 Å². The molecule has 1 aliphatic heterocycles. The van der Waals surface area contributed by atoms with Gasteiger partial charge in [0.2, 0.25) is 5.91 Å². The van der Waals surface area contributed by atoms with Gasteiger partial charge in [-0.05, 0) is 78.8 Å². The minimum atomic E-state index is -0.367. The molecule has 7 nitrogen and oxygen atoms in total. The minimum Gasteiger partial charge on any atom is -0.490 e. The van der Waals surface area contributed by atoms with E-state index in [1.54, 1.807) is 6.20 Å². The van der Waals surface area contributed by atoms with E-state index in [0.29, 0.717) is 18.8 Å². The second-order valence-corrected chi connectivity index (χ2v) is 10.4. The quantitative estimate of drug-likeness (QED) is 0.209. The maximum Gasteiger partial charge on any atom is 0.238 e. The SMILES string of the molecule is CCc1c(C)[nH]c(C2C(=O)Nc3ccc(-c4cncc(OC[C@@H](N)Cc5c[nH]c6ccccc56)c4)cc32)c1C. The number of anilines is 1. The van der Waals surface area contributed by atoms with E-state index in [1.165, 1.54) is 16.5 Å². The molecule has 2 aromatic carbocycles. The van der Waals surface area contributed by atoms with Crippen LogP contribution in [0.15, 0.2) is 67.1 Å². The zero-order valence-corrected chi connectivity index (χ0v) is 22.5. The molecule has 2 atom stereocenters. The van der Waals surface area contributed by atoms with Gasteiger partial charge in [0.25, 0.3) is 0 Å². The van der Waals surface area contributed by atoms with E-state index < -0.39 is 0 Å². The van der Waals surface area contributed by atoms with Crippen LogP contribution in [0.2, 0.25) is 0 Å². The van der Waals surface area contributed by atoms with Crippen LogP contribution in [0.4, 0.5) is 5.69 Å². The molecule has 0 saturated carbocycles. The number of hydrogen-bond donors (Lipinski definition) is 4. The molecule has 1 aliphatic rings. The normalized spacial score (nSPS) is 15.4. The number of amides is 1. The highest BCUT2D eigenvalue weighted by Crippen LogP contribution is 2.41. The van der Waals surface area contributed by atoms with E-state index in [-0.39, 0.29) is 17.9 Å². The van der Waals surface area contributed by atoms with Crippen molar-refractivity contribution in [1.29, 1.82) is 0 Å². The maximum atomic E-state index is 13.1. The van der Waals surface area contributed by atoms with Crippen LogP contribution in [0.5, 0.6) is 5.75 Å². The second kappa shape index (κ2) is 10.1. The third kappa shape index (κ3) is 4.59. The summed E-state index contributed by atoms with van der Waals surface area (Å²) < 4.78 is 6.07. The first-order valence-electron chi connectivity index (χ1n) is 13.4. The molecule has 0 fully saturated rings. The monoisotopic (exact) mass is 519 g/mol. The predicted octanol–water partition coefficient (Wildman–Crippen LogP) is 5.77. The van der Waals surface area contributed by atoms with Gasteiger partial charge < -0.3 is 25.8 Å². The summed E-state index contributed by atoms with van der Waals surface area (Å²) in [5.41, 5.74) is 17.0. The van der Waals surface area contributed by atoms with Gasteiger partial charge >= 0.3 is 0 Å². The number of rotatable bonds is 8. The molecule has 0 spiro atoms. The number of carbonyl (C=O) groups excluding carboxylic acids is 1. The molecular weight excluding hydrogens is 486 g/mol. The molecular formula is C32H33N5O2. The minimum absolute atomic E-state index is 0.00597. The first-order valence-corrected chi connectivity index (χ1v) is 13.4. The number of para-hydroxylation sites is 1. The number of nitrogens with two attached hydrogens (primary N) is 1. The van der Waals surface area contributed by atoms with E-state index in [4.69, 9.17) is 10.5 Å². The summed E-state index contributed by atoms with van der Waals surface area (Å²) in [5.74, 6) is 0.291. The molecule has 5 aromatic rings. The predicted molar refractivity (Wildman–Crippen MR) is 155 cm³/mol. The van der Waals surface area contributed by atoms with Crippen molar-refractivity contribution in [2.75, 3.05) is 11.9 Å². The molecule has 5 N–H and O–H groups in total. The highest BCUT2D eigenvalue weighted by atomic mass is 16.5. The molecule has 6 rings (SSSR count). The van der Waals surface area contributed by atoms with Crippen molar-refractivity contribution >= 4 is 22.5 Å². The highest BCUT2D eigenvalue weighted by Gasteiger charge is 2.35. The average Bonchev–Trinajstić information content (AvgIpc) is 3.59. The first kappa shape index (κ1) is 24.9. The van der Waals surface area contributed by atoms with Crippen LogP contribution < -0.4 is 15.8 Å². The van der Waals surface area contributed by atoms with E-state index in [0.717, 1.165) is 51.3 Å². The Bertz CT molecular complexity index is 1680. The van der Waals surface area contributed by atoms with Gasteiger partial charge in [0.15, 0.2) is 0 Å². The summed E-state index contributed by atoms with van der Waals surface area (Å²) in [6, 6.07) is 16.1. The molecule has 0 saturated heterocycles. The van der Waals surface area contributed by atoms with Gasteiger partial charge in [-0.1, -0.05) is 31.2 Å². The summed E-state index contributed by atoms with van der Waals surface area (Å²) in [5, 5.41) is 4.25. The fraction of sp³-hybridized carbons (Fsp3) is 0.250. The smallest absolute Gasteiger partial charge is 0.238 e. The number of fused-ring (bicyclic) bond motifs is 2. The third-order valence-corrected chi connectivity index (χ3v) is 7.82. The lowest BCUT2D eigenvalue weighted by Gasteiger charge is -2.14. The fourth-order valence-electron chi connectivity index (χ4n) is 5.86. The largest absolute Gasteiger partial charge is 0.490 e. The lowest BCUT2D eigenvalue weighted by molar-refractivity contribution is -0.116. The first-order chi connectivity index (χ1) is 18.9. The van der Waals surface area contributed by atoms with E-state index in [9.17, 15) is 4.79 Å². The van der Waals surface area contributed by atoms with Gasteiger partial charge in [0.05, 0.1) is 6.20 Å². The van der Waals surface area contributed by atoms with Crippen LogP contribution in [-0.2, 0) is 17.6 Å². The lowest BCUT2D eigenvalue weighted by atomic mass is 9.91. The highest BCUT2D eigenvalue weighted by molar-refractivity contribution is 6.05. The summed E-state index contributed by atoms with van der Waals surface area (Å²) in [7, 11) is 0. The summed E-state index contributed by atoms with van der Waals surface area (Å²) in [6.45, 7) is 6.69. The van der Waals surface area contributed by atoms with Crippen LogP contribution in [0.3, 0.4) is 0 Å². The van der Waals surface area contributed by atoms with Gasteiger partial charge in [0, 0.05) is 52.0 Å². The van der Waals surface area contributed by atoms with Crippen LogP contribution >= 0.6 is 0 Å².